The molecule has 0 amide bonds. The zero-order valence-electron chi connectivity index (χ0n) is 11.0. The van der Waals surface area contributed by atoms with Gasteiger partial charge in [0.15, 0.2) is 15.7 Å². The van der Waals surface area contributed by atoms with Crippen LogP contribution in [0.1, 0.15) is 5.56 Å². The highest BCUT2D eigenvalue weighted by atomic mass is 32.2. The molecule has 104 valence electrons. The molecule has 2 aromatic heterocycles. The van der Waals surface area contributed by atoms with Crippen molar-refractivity contribution in [2.45, 2.75) is 4.90 Å². The summed E-state index contributed by atoms with van der Waals surface area (Å²) in [6, 6.07) is 10.2. The van der Waals surface area contributed by atoms with Crippen molar-refractivity contribution in [2.24, 2.45) is 0 Å². The van der Waals surface area contributed by atoms with Gasteiger partial charge in [-0.05, 0) is 24.3 Å². The maximum absolute atomic E-state index is 11.8. The highest BCUT2D eigenvalue weighted by Gasteiger charge is 2.16. The number of benzene rings is 1. The maximum atomic E-state index is 11.8. The first-order valence-electron chi connectivity index (χ1n) is 6.04. The number of nitrogens with zero attached hydrogens (tertiary/aromatic N) is 3. The van der Waals surface area contributed by atoms with Gasteiger partial charge in [-0.1, -0.05) is 6.07 Å². The standard InChI is InChI=1S/C14H10N4O2S/c1-21(19,20)12-4-2-3-10-13(12)18-14(17-10)11-6-5-9(7-15)8-16-11/h2-6,8H,1H3,(H,17,18). The lowest BCUT2D eigenvalue weighted by Gasteiger charge is -1.97. The lowest BCUT2D eigenvalue weighted by atomic mass is 10.2. The van der Waals surface area contributed by atoms with Gasteiger partial charge in [0.2, 0.25) is 0 Å². The highest BCUT2D eigenvalue weighted by Crippen LogP contribution is 2.24. The predicted molar refractivity (Wildman–Crippen MR) is 77.1 cm³/mol. The summed E-state index contributed by atoms with van der Waals surface area (Å²) in [5.41, 5.74) is 2.01. The second kappa shape index (κ2) is 4.68. The highest BCUT2D eigenvalue weighted by molar-refractivity contribution is 7.91. The Balaban J connectivity index is 2.19. The van der Waals surface area contributed by atoms with Gasteiger partial charge in [-0.3, -0.25) is 4.98 Å². The van der Waals surface area contributed by atoms with Gasteiger partial charge >= 0.3 is 0 Å². The smallest absolute Gasteiger partial charge is 0.177 e. The number of rotatable bonds is 2. The molecule has 0 saturated heterocycles. The van der Waals surface area contributed by atoms with Crippen LogP contribution >= 0.6 is 0 Å². The van der Waals surface area contributed by atoms with Crippen molar-refractivity contribution >= 4 is 20.9 Å². The summed E-state index contributed by atoms with van der Waals surface area (Å²) in [6.45, 7) is 0. The van der Waals surface area contributed by atoms with Gasteiger partial charge in [-0.15, -0.1) is 0 Å². The Hall–Kier alpha value is -2.72. The molecule has 1 aromatic carbocycles. The Kier molecular flexibility index (Phi) is 2.96. The second-order valence-corrected chi connectivity index (χ2v) is 6.54. The van der Waals surface area contributed by atoms with Crippen LogP contribution in [-0.2, 0) is 9.84 Å². The summed E-state index contributed by atoms with van der Waals surface area (Å²) in [6.07, 6.45) is 2.59. The molecule has 21 heavy (non-hydrogen) atoms. The SMILES string of the molecule is CS(=O)(=O)c1cccc2[nH]c(-c3ccc(C#N)cn3)nc12. The number of pyridine rings is 1. The van der Waals surface area contributed by atoms with Crippen LogP contribution in [0.5, 0.6) is 0 Å². The summed E-state index contributed by atoms with van der Waals surface area (Å²) in [7, 11) is -3.35. The fourth-order valence-corrected chi connectivity index (χ4v) is 2.86. The number of nitriles is 1. The lowest BCUT2D eigenvalue weighted by molar-refractivity contribution is 0.602. The van der Waals surface area contributed by atoms with Crippen molar-refractivity contribution in [1.29, 1.82) is 5.26 Å². The first-order chi connectivity index (χ1) is 9.99. The maximum Gasteiger partial charge on any atom is 0.177 e. The molecule has 0 saturated carbocycles. The van der Waals surface area contributed by atoms with Crippen molar-refractivity contribution in [3.8, 4) is 17.6 Å². The van der Waals surface area contributed by atoms with Crippen LogP contribution in [0.3, 0.4) is 0 Å². The molecule has 0 aliphatic heterocycles. The molecule has 2 heterocycles. The van der Waals surface area contributed by atoms with Gasteiger partial charge in [0, 0.05) is 12.5 Å². The number of hydrogen-bond acceptors (Lipinski definition) is 5. The first-order valence-corrected chi connectivity index (χ1v) is 7.93. The Bertz CT molecular complexity index is 966. The second-order valence-electron chi connectivity index (χ2n) is 4.55. The van der Waals surface area contributed by atoms with Gasteiger partial charge in [0.25, 0.3) is 0 Å². The van der Waals surface area contributed by atoms with Crippen molar-refractivity contribution in [3.05, 3.63) is 42.1 Å². The van der Waals surface area contributed by atoms with Gasteiger partial charge in [-0.2, -0.15) is 5.26 Å². The van der Waals surface area contributed by atoms with E-state index >= 15 is 0 Å². The number of fused-ring (bicyclic) bond motifs is 1. The minimum Gasteiger partial charge on any atom is -0.337 e. The van der Waals surface area contributed by atoms with Crippen LogP contribution in [0.15, 0.2) is 41.4 Å². The van der Waals surface area contributed by atoms with Crippen molar-refractivity contribution < 1.29 is 8.42 Å². The summed E-state index contributed by atoms with van der Waals surface area (Å²) in [5.74, 6) is 0.464. The molecule has 0 unspecified atom stereocenters. The van der Waals surface area contributed by atoms with Crippen LogP contribution in [0.2, 0.25) is 0 Å². The Morgan fingerprint density at radius 3 is 2.67 bits per heavy atom. The summed E-state index contributed by atoms with van der Waals surface area (Å²) in [4.78, 5) is 11.7. The minimum absolute atomic E-state index is 0.177. The van der Waals surface area contributed by atoms with Gasteiger partial charge < -0.3 is 4.98 Å². The van der Waals surface area contributed by atoms with Gasteiger partial charge in [0.05, 0.1) is 16.0 Å². The molecule has 3 rings (SSSR count). The fraction of sp³-hybridized carbons (Fsp3) is 0.0714. The fourth-order valence-electron chi connectivity index (χ4n) is 2.03. The molecule has 1 N–H and O–H groups in total. The molecule has 0 spiro atoms. The van der Waals surface area contributed by atoms with Gasteiger partial charge in [0.1, 0.15) is 17.3 Å². The monoisotopic (exact) mass is 298 g/mol. The quantitative estimate of drug-likeness (QED) is 0.779. The molecule has 0 aliphatic rings. The predicted octanol–water partition coefficient (Wildman–Crippen LogP) is 1.90. The van der Waals surface area contributed by atoms with Crippen molar-refractivity contribution in [2.75, 3.05) is 6.26 Å². The first kappa shape index (κ1) is 13.3. The van der Waals surface area contributed by atoms with Crippen LogP contribution in [-0.4, -0.2) is 29.6 Å². The number of hydrogen-bond donors (Lipinski definition) is 1. The van der Waals surface area contributed by atoms with E-state index in [2.05, 4.69) is 15.0 Å². The van der Waals surface area contributed by atoms with Crippen LogP contribution in [0, 0.1) is 11.3 Å². The Labute approximate surface area is 121 Å². The van der Waals surface area contributed by atoms with Crippen molar-refractivity contribution in [3.63, 3.8) is 0 Å². The van der Waals surface area contributed by atoms with E-state index in [0.717, 1.165) is 6.26 Å². The van der Waals surface area contributed by atoms with E-state index < -0.39 is 9.84 Å². The third kappa shape index (κ3) is 2.37. The van der Waals surface area contributed by atoms with E-state index in [4.69, 9.17) is 5.26 Å². The average molecular weight is 298 g/mol. The topological polar surface area (TPSA) is 99.5 Å². The molecule has 0 radical (unpaired) electrons. The number of sulfone groups is 1. The number of para-hydroxylation sites is 1. The van der Waals surface area contributed by atoms with Crippen LogP contribution in [0.4, 0.5) is 0 Å². The summed E-state index contributed by atoms with van der Waals surface area (Å²) < 4.78 is 23.5. The van der Waals surface area contributed by atoms with E-state index in [1.807, 2.05) is 6.07 Å². The van der Waals surface area contributed by atoms with E-state index in [1.165, 1.54) is 12.3 Å². The number of nitrogens with one attached hydrogen (secondary N) is 1. The number of aromatic nitrogens is 3. The lowest BCUT2D eigenvalue weighted by Crippen LogP contribution is -1.97. The van der Waals surface area contributed by atoms with Crippen LogP contribution < -0.4 is 0 Å². The number of aromatic amines is 1. The zero-order chi connectivity index (χ0) is 15.0. The molecule has 0 bridgehead atoms. The number of H-pyrrole nitrogens is 1. The third-order valence-electron chi connectivity index (χ3n) is 3.01. The number of imidazole rings is 1. The molecule has 0 atom stereocenters. The largest absolute Gasteiger partial charge is 0.337 e. The molecule has 0 aliphatic carbocycles. The van der Waals surface area contributed by atoms with Crippen LogP contribution in [0.25, 0.3) is 22.6 Å². The molecule has 0 fully saturated rings. The molecule has 7 heteroatoms. The van der Waals surface area contributed by atoms with Gasteiger partial charge in [-0.25, -0.2) is 13.4 Å². The molecule has 3 aromatic rings. The average Bonchev–Trinajstić information content (AvgIpc) is 2.90. The van der Waals surface area contributed by atoms with E-state index in [-0.39, 0.29) is 4.90 Å². The molecular formula is C14H10N4O2S. The molecular weight excluding hydrogens is 288 g/mol. The van der Waals surface area contributed by atoms with E-state index in [0.29, 0.717) is 28.1 Å². The normalized spacial score (nSPS) is 11.4. The van der Waals surface area contributed by atoms with E-state index in [9.17, 15) is 8.42 Å². The Morgan fingerprint density at radius 1 is 1.24 bits per heavy atom. The zero-order valence-corrected chi connectivity index (χ0v) is 11.8. The van der Waals surface area contributed by atoms with Crippen molar-refractivity contribution in [1.82, 2.24) is 15.0 Å². The molecule has 6 nitrogen and oxygen atoms in total. The third-order valence-corrected chi connectivity index (χ3v) is 4.14. The minimum atomic E-state index is -3.35. The summed E-state index contributed by atoms with van der Waals surface area (Å²) in [5, 5.41) is 8.76. The summed E-state index contributed by atoms with van der Waals surface area (Å²) >= 11 is 0. The van der Waals surface area contributed by atoms with E-state index in [1.54, 1.807) is 24.3 Å². The Morgan fingerprint density at radius 2 is 2.05 bits per heavy atom.